The van der Waals surface area contributed by atoms with Crippen LogP contribution in [0, 0.1) is 0 Å². The molecule has 3 aromatic carbocycles. The first-order valence-corrected chi connectivity index (χ1v) is 11.1. The first-order chi connectivity index (χ1) is 15.5. The summed E-state index contributed by atoms with van der Waals surface area (Å²) in [5, 5.41) is 9.80. The normalized spacial score (nSPS) is 15.4. The van der Waals surface area contributed by atoms with Gasteiger partial charge in [-0.3, -0.25) is 0 Å². The molecule has 0 saturated carbocycles. The Morgan fingerprint density at radius 1 is 0.875 bits per heavy atom. The third-order valence-electron chi connectivity index (χ3n) is 6.37. The monoisotopic (exact) mass is 429 g/mol. The smallest absolute Gasteiger partial charge is 0.326 e. The molecule has 1 fully saturated rings. The molecule has 0 bridgehead atoms. The number of hydrogen-bond acceptors (Lipinski definition) is 4. The van der Waals surface area contributed by atoms with Gasteiger partial charge in [-0.05, 0) is 48.0 Å². The molecule has 1 aliphatic rings. The molecule has 32 heavy (non-hydrogen) atoms. The number of carboxylic acid groups (broad SMARTS) is 1. The van der Waals surface area contributed by atoms with Crippen LogP contribution in [-0.2, 0) is 11.2 Å². The summed E-state index contributed by atoms with van der Waals surface area (Å²) < 4.78 is 0. The summed E-state index contributed by atoms with van der Waals surface area (Å²) in [7, 11) is 4.02. The van der Waals surface area contributed by atoms with Crippen molar-refractivity contribution in [3.8, 4) is 11.1 Å². The summed E-state index contributed by atoms with van der Waals surface area (Å²) in [6, 6.07) is 26.0. The molecule has 1 unspecified atom stereocenters. The molecule has 166 valence electrons. The number of rotatable bonds is 7. The first kappa shape index (κ1) is 21.9. The van der Waals surface area contributed by atoms with Gasteiger partial charge in [0.05, 0.1) is 0 Å². The minimum absolute atomic E-state index is 0.460. The Morgan fingerprint density at radius 2 is 1.44 bits per heavy atom. The third-order valence-corrected chi connectivity index (χ3v) is 6.37. The van der Waals surface area contributed by atoms with Crippen molar-refractivity contribution in [1.82, 2.24) is 4.90 Å². The molecule has 1 aliphatic heterocycles. The van der Waals surface area contributed by atoms with E-state index in [1.165, 1.54) is 5.69 Å². The van der Waals surface area contributed by atoms with Gasteiger partial charge in [0, 0.05) is 51.0 Å². The highest BCUT2D eigenvalue weighted by Gasteiger charge is 2.23. The van der Waals surface area contributed by atoms with Crippen LogP contribution in [0.3, 0.4) is 0 Å². The van der Waals surface area contributed by atoms with Crippen molar-refractivity contribution in [1.29, 1.82) is 0 Å². The van der Waals surface area contributed by atoms with Gasteiger partial charge in [0.15, 0.2) is 0 Å². The van der Waals surface area contributed by atoms with Crippen molar-refractivity contribution in [2.45, 2.75) is 12.5 Å². The van der Waals surface area contributed by atoms with Gasteiger partial charge >= 0.3 is 5.97 Å². The third kappa shape index (κ3) is 5.11. The maximum atomic E-state index is 11.9. The number of benzene rings is 3. The number of carbonyl (C=O) groups is 1. The van der Waals surface area contributed by atoms with E-state index in [-0.39, 0.29) is 0 Å². The first-order valence-electron chi connectivity index (χ1n) is 11.1. The summed E-state index contributed by atoms with van der Waals surface area (Å²) in [6.45, 7) is 4.31. The van der Waals surface area contributed by atoms with Crippen LogP contribution in [0.5, 0.6) is 0 Å². The SMILES string of the molecule is CN1CCN(c2ccc(-c3ccc(N(C)C(Cc4ccccc4)C(=O)O)cc3)cc2)CC1. The fraction of sp³-hybridized carbons (Fsp3) is 0.296. The van der Waals surface area contributed by atoms with Gasteiger partial charge in [0.25, 0.3) is 0 Å². The van der Waals surface area contributed by atoms with Gasteiger partial charge in [-0.1, -0.05) is 54.6 Å². The highest BCUT2D eigenvalue weighted by Crippen LogP contribution is 2.27. The lowest BCUT2D eigenvalue weighted by Crippen LogP contribution is -2.44. The van der Waals surface area contributed by atoms with Crippen LogP contribution in [-0.4, -0.2) is 62.3 Å². The largest absolute Gasteiger partial charge is 0.480 e. The second-order valence-corrected chi connectivity index (χ2v) is 8.54. The van der Waals surface area contributed by atoms with Gasteiger partial charge in [0.1, 0.15) is 6.04 Å². The predicted octanol–water partition coefficient (Wildman–Crippen LogP) is 4.24. The number of hydrogen-bond donors (Lipinski definition) is 1. The molecule has 5 heteroatoms. The Bertz CT molecular complexity index is 1010. The van der Waals surface area contributed by atoms with Crippen molar-refractivity contribution in [2.24, 2.45) is 0 Å². The summed E-state index contributed by atoms with van der Waals surface area (Å²) in [5.74, 6) is -0.820. The van der Waals surface area contributed by atoms with Crippen LogP contribution in [0.2, 0.25) is 0 Å². The van der Waals surface area contributed by atoms with Crippen molar-refractivity contribution in [2.75, 3.05) is 50.1 Å². The van der Waals surface area contributed by atoms with E-state index in [1.807, 2.05) is 54.4 Å². The molecule has 1 N–H and O–H groups in total. The molecule has 1 saturated heterocycles. The molecule has 0 aliphatic carbocycles. The molecule has 0 aromatic heterocycles. The minimum atomic E-state index is -0.820. The number of aliphatic carboxylic acids is 1. The zero-order valence-electron chi connectivity index (χ0n) is 18.8. The van der Waals surface area contributed by atoms with E-state index in [1.54, 1.807) is 0 Å². The van der Waals surface area contributed by atoms with Crippen molar-refractivity contribution in [3.63, 3.8) is 0 Å². The summed E-state index contributed by atoms with van der Waals surface area (Å²) >= 11 is 0. The standard InChI is InChI=1S/C27H31N3O2/c1-28-16-18-30(19-17-28)25-14-10-23(11-15-25)22-8-12-24(13-9-22)29(2)26(27(31)32)20-21-6-4-3-5-7-21/h3-15,26H,16-20H2,1-2H3,(H,31,32). The van der Waals surface area contributed by atoms with Crippen molar-refractivity contribution < 1.29 is 9.90 Å². The molecule has 1 heterocycles. The van der Waals surface area contributed by atoms with Gasteiger partial charge in [-0.15, -0.1) is 0 Å². The van der Waals surface area contributed by atoms with Crippen LogP contribution in [0.4, 0.5) is 11.4 Å². The Morgan fingerprint density at radius 3 is 2.00 bits per heavy atom. The quantitative estimate of drug-likeness (QED) is 0.609. The lowest BCUT2D eigenvalue weighted by atomic mass is 10.0. The molecular weight excluding hydrogens is 398 g/mol. The second-order valence-electron chi connectivity index (χ2n) is 8.54. The molecule has 5 nitrogen and oxygen atoms in total. The number of anilines is 2. The zero-order valence-corrected chi connectivity index (χ0v) is 18.8. The summed E-state index contributed by atoms with van der Waals surface area (Å²) in [5.41, 5.74) is 5.47. The van der Waals surface area contributed by atoms with Crippen LogP contribution in [0.25, 0.3) is 11.1 Å². The van der Waals surface area contributed by atoms with E-state index in [2.05, 4.69) is 53.2 Å². The molecular formula is C27H31N3O2. The van der Waals surface area contributed by atoms with Gasteiger partial charge < -0.3 is 19.8 Å². The molecule has 0 radical (unpaired) electrons. The van der Waals surface area contributed by atoms with Gasteiger partial charge in [-0.2, -0.15) is 0 Å². The maximum Gasteiger partial charge on any atom is 0.326 e. The van der Waals surface area contributed by atoms with E-state index in [4.69, 9.17) is 0 Å². The topological polar surface area (TPSA) is 47.0 Å². The van der Waals surface area contributed by atoms with Crippen LogP contribution in [0.1, 0.15) is 5.56 Å². The lowest BCUT2D eigenvalue weighted by Gasteiger charge is -2.34. The lowest BCUT2D eigenvalue weighted by molar-refractivity contribution is -0.138. The van der Waals surface area contributed by atoms with E-state index >= 15 is 0 Å². The molecule has 0 spiro atoms. The highest BCUT2D eigenvalue weighted by atomic mass is 16.4. The average molecular weight is 430 g/mol. The fourth-order valence-corrected chi connectivity index (χ4v) is 4.23. The highest BCUT2D eigenvalue weighted by molar-refractivity contribution is 5.79. The number of nitrogens with zero attached hydrogens (tertiary/aromatic N) is 3. The van der Waals surface area contributed by atoms with Gasteiger partial charge in [0.2, 0.25) is 0 Å². The Hall–Kier alpha value is -3.31. The van der Waals surface area contributed by atoms with E-state index in [9.17, 15) is 9.90 Å². The van der Waals surface area contributed by atoms with E-state index in [0.717, 1.165) is 48.6 Å². The number of piperazine rings is 1. The summed E-state index contributed by atoms with van der Waals surface area (Å²) in [6.07, 6.45) is 0.460. The fourth-order valence-electron chi connectivity index (χ4n) is 4.23. The zero-order chi connectivity index (χ0) is 22.5. The Kier molecular flexibility index (Phi) is 6.76. The Balaban J connectivity index is 1.45. The number of carboxylic acids is 1. The van der Waals surface area contributed by atoms with Crippen molar-refractivity contribution in [3.05, 3.63) is 84.4 Å². The minimum Gasteiger partial charge on any atom is -0.480 e. The molecule has 1 atom stereocenters. The molecule has 3 aromatic rings. The van der Waals surface area contributed by atoms with Crippen LogP contribution < -0.4 is 9.80 Å². The van der Waals surface area contributed by atoms with Crippen LogP contribution >= 0.6 is 0 Å². The predicted molar refractivity (Wildman–Crippen MR) is 132 cm³/mol. The van der Waals surface area contributed by atoms with Gasteiger partial charge in [-0.25, -0.2) is 4.79 Å². The van der Waals surface area contributed by atoms with Crippen molar-refractivity contribution >= 4 is 17.3 Å². The van der Waals surface area contributed by atoms with E-state index in [0.29, 0.717) is 6.42 Å². The average Bonchev–Trinajstić information content (AvgIpc) is 2.83. The Labute approximate surface area is 190 Å². The van der Waals surface area contributed by atoms with Crippen LogP contribution in [0.15, 0.2) is 78.9 Å². The maximum absolute atomic E-state index is 11.9. The van der Waals surface area contributed by atoms with E-state index < -0.39 is 12.0 Å². The number of likely N-dealkylation sites (N-methyl/N-ethyl adjacent to an activating group) is 2. The summed E-state index contributed by atoms with van der Waals surface area (Å²) in [4.78, 5) is 18.6. The second kappa shape index (κ2) is 9.88. The molecule has 0 amide bonds. The molecule has 4 rings (SSSR count).